The molecule has 1 unspecified atom stereocenters. The van der Waals surface area contributed by atoms with E-state index in [2.05, 4.69) is 34.6 Å². The van der Waals surface area contributed by atoms with Gasteiger partial charge >= 0.3 is 0 Å². The maximum absolute atomic E-state index is 5.71. The highest BCUT2D eigenvalue weighted by Crippen LogP contribution is 2.20. The number of nitrogens with zero attached hydrogens (tertiary/aromatic N) is 1. The Labute approximate surface area is 114 Å². The predicted molar refractivity (Wildman–Crippen MR) is 76.0 cm³/mol. The minimum absolute atomic E-state index is 0.198. The van der Waals surface area contributed by atoms with Gasteiger partial charge in [-0.2, -0.15) is 5.10 Å². The first-order chi connectivity index (χ1) is 9.15. The van der Waals surface area contributed by atoms with Gasteiger partial charge in [0.25, 0.3) is 0 Å². The lowest BCUT2D eigenvalue weighted by atomic mass is 10.1. The Morgan fingerprint density at radius 2 is 2.11 bits per heavy atom. The first-order valence-electron chi connectivity index (χ1n) is 6.63. The van der Waals surface area contributed by atoms with E-state index in [1.54, 1.807) is 6.20 Å². The number of hydrogen-bond acceptors (Lipinski definition) is 3. The molecule has 0 bridgehead atoms. The van der Waals surface area contributed by atoms with E-state index in [9.17, 15) is 0 Å². The number of aromatic nitrogens is 2. The first-order valence-corrected chi connectivity index (χ1v) is 6.63. The molecule has 0 aliphatic heterocycles. The molecule has 1 aromatic carbocycles. The summed E-state index contributed by atoms with van der Waals surface area (Å²) in [4.78, 5) is 0. The summed E-state index contributed by atoms with van der Waals surface area (Å²) in [5.74, 6) is 0.919. The van der Waals surface area contributed by atoms with Crippen LogP contribution < -0.4 is 10.1 Å². The van der Waals surface area contributed by atoms with Crippen molar-refractivity contribution in [3.05, 3.63) is 47.8 Å². The van der Waals surface area contributed by atoms with Crippen molar-refractivity contribution in [2.24, 2.45) is 0 Å². The van der Waals surface area contributed by atoms with Gasteiger partial charge in [0.1, 0.15) is 5.75 Å². The second-order valence-corrected chi connectivity index (χ2v) is 4.92. The zero-order chi connectivity index (χ0) is 13.7. The van der Waals surface area contributed by atoms with Crippen LogP contribution >= 0.6 is 0 Å². The van der Waals surface area contributed by atoms with Crippen LogP contribution in [0, 0.1) is 0 Å². The van der Waals surface area contributed by atoms with E-state index >= 15 is 0 Å². The molecule has 2 aromatic rings. The third-order valence-electron chi connectivity index (χ3n) is 2.89. The normalized spacial score (nSPS) is 12.6. The molecule has 1 aromatic heterocycles. The number of nitrogens with one attached hydrogen (secondary N) is 2. The fourth-order valence-electron chi connectivity index (χ4n) is 1.89. The lowest BCUT2D eigenvalue weighted by Gasteiger charge is -2.16. The van der Waals surface area contributed by atoms with Crippen molar-refractivity contribution in [3.8, 4) is 5.75 Å². The standard InChI is InChI=1S/C15H21N3O/c1-11(2)19-15-6-4-5-13(9-15)12(3)16-10-14-7-8-17-18-14/h4-9,11-12,16H,10H2,1-3H3,(H,17,18). The molecule has 0 fully saturated rings. The van der Waals surface area contributed by atoms with Gasteiger partial charge < -0.3 is 10.1 Å². The monoisotopic (exact) mass is 259 g/mol. The summed E-state index contributed by atoms with van der Waals surface area (Å²) in [5, 5.41) is 10.3. The van der Waals surface area contributed by atoms with Gasteiger partial charge in [0.15, 0.2) is 0 Å². The van der Waals surface area contributed by atoms with Crippen molar-refractivity contribution in [1.29, 1.82) is 0 Å². The molecular weight excluding hydrogens is 238 g/mol. The van der Waals surface area contributed by atoms with Crippen LogP contribution in [-0.2, 0) is 6.54 Å². The van der Waals surface area contributed by atoms with Crippen LogP contribution in [0.15, 0.2) is 36.5 Å². The van der Waals surface area contributed by atoms with Gasteiger partial charge in [-0.15, -0.1) is 0 Å². The summed E-state index contributed by atoms with van der Waals surface area (Å²) in [6.07, 6.45) is 1.96. The van der Waals surface area contributed by atoms with Crippen molar-refractivity contribution >= 4 is 0 Å². The molecule has 1 atom stereocenters. The molecule has 2 rings (SSSR count). The van der Waals surface area contributed by atoms with Gasteiger partial charge in [-0.1, -0.05) is 12.1 Å². The number of hydrogen-bond donors (Lipinski definition) is 2. The van der Waals surface area contributed by atoms with Crippen LogP contribution in [0.4, 0.5) is 0 Å². The van der Waals surface area contributed by atoms with E-state index in [-0.39, 0.29) is 12.1 Å². The van der Waals surface area contributed by atoms with Crippen molar-refractivity contribution in [2.45, 2.75) is 39.5 Å². The quantitative estimate of drug-likeness (QED) is 0.838. The summed E-state index contributed by atoms with van der Waals surface area (Å²) >= 11 is 0. The van der Waals surface area contributed by atoms with Gasteiger partial charge in [-0.25, -0.2) is 0 Å². The predicted octanol–water partition coefficient (Wildman–Crippen LogP) is 3.05. The first kappa shape index (κ1) is 13.6. The van der Waals surface area contributed by atoms with Gasteiger partial charge in [-0.3, -0.25) is 5.10 Å². The van der Waals surface area contributed by atoms with E-state index in [0.29, 0.717) is 0 Å². The SMILES string of the molecule is CC(C)Oc1cccc(C(C)NCc2ccn[nH]2)c1. The number of ether oxygens (including phenoxy) is 1. The molecular formula is C15H21N3O. The van der Waals surface area contributed by atoms with Crippen LogP contribution in [0.5, 0.6) is 5.75 Å². The van der Waals surface area contributed by atoms with Gasteiger partial charge in [0.2, 0.25) is 0 Å². The van der Waals surface area contributed by atoms with Crippen LogP contribution in [0.25, 0.3) is 0 Å². The highest BCUT2D eigenvalue weighted by atomic mass is 16.5. The van der Waals surface area contributed by atoms with Gasteiger partial charge in [0.05, 0.1) is 6.10 Å². The van der Waals surface area contributed by atoms with E-state index in [1.165, 1.54) is 5.56 Å². The molecule has 1 heterocycles. The maximum atomic E-state index is 5.71. The number of aromatic amines is 1. The zero-order valence-electron chi connectivity index (χ0n) is 11.7. The molecule has 19 heavy (non-hydrogen) atoms. The molecule has 0 aliphatic carbocycles. The van der Waals surface area contributed by atoms with Crippen LogP contribution in [0.3, 0.4) is 0 Å². The molecule has 0 amide bonds. The van der Waals surface area contributed by atoms with Crippen LogP contribution in [0.1, 0.15) is 38.1 Å². The Hall–Kier alpha value is -1.81. The van der Waals surface area contributed by atoms with Crippen molar-refractivity contribution in [3.63, 3.8) is 0 Å². The maximum Gasteiger partial charge on any atom is 0.120 e. The smallest absolute Gasteiger partial charge is 0.120 e. The molecule has 102 valence electrons. The van der Waals surface area contributed by atoms with E-state index < -0.39 is 0 Å². The minimum atomic E-state index is 0.198. The van der Waals surface area contributed by atoms with E-state index in [1.807, 2.05) is 32.0 Å². The van der Waals surface area contributed by atoms with Crippen molar-refractivity contribution in [1.82, 2.24) is 15.5 Å². The molecule has 4 heteroatoms. The summed E-state index contributed by atoms with van der Waals surface area (Å²) in [7, 11) is 0. The Bertz CT molecular complexity index is 494. The van der Waals surface area contributed by atoms with Crippen LogP contribution in [0.2, 0.25) is 0 Å². The Kier molecular flexibility index (Phi) is 4.58. The van der Waals surface area contributed by atoms with E-state index in [4.69, 9.17) is 4.74 Å². The summed E-state index contributed by atoms with van der Waals surface area (Å²) in [6.45, 7) is 6.99. The highest BCUT2D eigenvalue weighted by Gasteiger charge is 2.07. The fraction of sp³-hybridized carbons (Fsp3) is 0.400. The third kappa shape index (κ3) is 4.10. The molecule has 2 N–H and O–H groups in total. The minimum Gasteiger partial charge on any atom is -0.491 e. The molecule has 0 spiro atoms. The summed E-state index contributed by atoms with van der Waals surface area (Å²) in [6, 6.07) is 10.5. The number of H-pyrrole nitrogens is 1. The molecule has 0 radical (unpaired) electrons. The lowest BCUT2D eigenvalue weighted by Crippen LogP contribution is -2.18. The Morgan fingerprint density at radius 1 is 1.26 bits per heavy atom. The highest BCUT2D eigenvalue weighted by molar-refractivity contribution is 5.30. The molecule has 0 saturated carbocycles. The number of benzene rings is 1. The fourth-order valence-corrected chi connectivity index (χ4v) is 1.89. The van der Waals surface area contributed by atoms with Crippen LogP contribution in [-0.4, -0.2) is 16.3 Å². The van der Waals surface area contributed by atoms with Crippen molar-refractivity contribution in [2.75, 3.05) is 0 Å². The summed E-state index contributed by atoms with van der Waals surface area (Å²) in [5.41, 5.74) is 2.30. The second kappa shape index (κ2) is 6.38. The number of rotatable bonds is 6. The lowest BCUT2D eigenvalue weighted by molar-refractivity contribution is 0.242. The van der Waals surface area contributed by atoms with Gasteiger partial charge in [0, 0.05) is 24.5 Å². The van der Waals surface area contributed by atoms with E-state index in [0.717, 1.165) is 18.0 Å². The molecule has 4 nitrogen and oxygen atoms in total. The molecule has 0 saturated heterocycles. The Morgan fingerprint density at radius 3 is 2.79 bits per heavy atom. The largest absolute Gasteiger partial charge is 0.491 e. The van der Waals surface area contributed by atoms with Crippen molar-refractivity contribution < 1.29 is 4.74 Å². The third-order valence-corrected chi connectivity index (χ3v) is 2.89. The zero-order valence-corrected chi connectivity index (χ0v) is 11.7. The average molecular weight is 259 g/mol. The second-order valence-electron chi connectivity index (χ2n) is 4.92. The topological polar surface area (TPSA) is 49.9 Å². The summed E-state index contributed by atoms with van der Waals surface area (Å²) < 4.78 is 5.71. The van der Waals surface area contributed by atoms with Gasteiger partial charge in [-0.05, 0) is 44.5 Å². The Balaban J connectivity index is 1.96. The average Bonchev–Trinajstić information content (AvgIpc) is 2.88. The molecule has 0 aliphatic rings.